The molecule has 0 radical (unpaired) electrons. The van der Waals surface area contributed by atoms with E-state index in [1.165, 1.54) is 12.1 Å². The SMILES string of the molecule is CCCn1cncc1COc1cc(C(=O)O)ccc1Br. The number of benzene rings is 1. The second kappa shape index (κ2) is 6.56. The fourth-order valence-electron chi connectivity index (χ4n) is 1.81. The number of nitrogens with zero attached hydrogens (tertiary/aromatic N) is 2. The fraction of sp³-hybridized carbons (Fsp3) is 0.286. The van der Waals surface area contributed by atoms with Gasteiger partial charge in [0.05, 0.1) is 28.3 Å². The van der Waals surface area contributed by atoms with Crippen LogP contribution in [0.3, 0.4) is 0 Å². The summed E-state index contributed by atoms with van der Waals surface area (Å²) in [6.45, 7) is 3.33. The first-order chi connectivity index (χ1) is 9.61. The third-order valence-electron chi connectivity index (χ3n) is 2.82. The molecule has 0 aliphatic heterocycles. The average Bonchev–Trinajstić information content (AvgIpc) is 2.85. The molecular weight excluding hydrogens is 324 g/mol. The van der Waals surface area contributed by atoms with Crippen molar-refractivity contribution >= 4 is 21.9 Å². The zero-order chi connectivity index (χ0) is 14.5. The molecule has 106 valence electrons. The zero-order valence-corrected chi connectivity index (χ0v) is 12.6. The smallest absolute Gasteiger partial charge is 0.335 e. The summed E-state index contributed by atoms with van der Waals surface area (Å²) in [6.07, 6.45) is 4.54. The molecule has 0 saturated carbocycles. The summed E-state index contributed by atoms with van der Waals surface area (Å²) < 4.78 is 8.44. The molecule has 6 heteroatoms. The van der Waals surface area contributed by atoms with Crippen molar-refractivity contribution in [2.24, 2.45) is 0 Å². The lowest BCUT2D eigenvalue weighted by atomic mass is 10.2. The molecule has 1 aromatic heterocycles. The highest BCUT2D eigenvalue weighted by molar-refractivity contribution is 9.10. The van der Waals surface area contributed by atoms with E-state index in [0.717, 1.165) is 23.1 Å². The predicted molar refractivity (Wildman–Crippen MR) is 78.0 cm³/mol. The number of ether oxygens (including phenoxy) is 1. The lowest BCUT2D eigenvalue weighted by Crippen LogP contribution is -2.06. The van der Waals surface area contributed by atoms with E-state index in [4.69, 9.17) is 9.84 Å². The highest BCUT2D eigenvalue weighted by atomic mass is 79.9. The Hall–Kier alpha value is -1.82. The van der Waals surface area contributed by atoms with E-state index in [1.807, 2.05) is 4.57 Å². The molecule has 0 spiro atoms. The number of halogens is 1. The molecule has 1 N–H and O–H groups in total. The second-order valence-electron chi connectivity index (χ2n) is 4.32. The van der Waals surface area contributed by atoms with E-state index < -0.39 is 5.97 Å². The Morgan fingerprint density at radius 3 is 3.00 bits per heavy atom. The number of rotatable bonds is 6. The Balaban J connectivity index is 2.12. The molecule has 0 saturated heterocycles. The molecule has 0 amide bonds. The van der Waals surface area contributed by atoms with Crippen molar-refractivity contribution in [3.8, 4) is 5.75 Å². The molecule has 0 unspecified atom stereocenters. The molecule has 0 aliphatic rings. The molecule has 1 heterocycles. The van der Waals surface area contributed by atoms with Crippen LogP contribution >= 0.6 is 15.9 Å². The number of carbonyl (C=O) groups is 1. The van der Waals surface area contributed by atoms with Crippen molar-refractivity contribution < 1.29 is 14.6 Å². The second-order valence-corrected chi connectivity index (χ2v) is 5.17. The maximum atomic E-state index is 11.0. The van der Waals surface area contributed by atoms with Gasteiger partial charge in [0.2, 0.25) is 0 Å². The number of carboxylic acids is 1. The fourth-order valence-corrected chi connectivity index (χ4v) is 2.17. The third kappa shape index (κ3) is 3.39. The summed E-state index contributed by atoms with van der Waals surface area (Å²) in [6, 6.07) is 4.70. The molecule has 20 heavy (non-hydrogen) atoms. The van der Waals surface area contributed by atoms with Gasteiger partial charge in [0.1, 0.15) is 12.4 Å². The van der Waals surface area contributed by atoms with Crippen LogP contribution in [0.15, 0.2) is 35.2 Å². The number of carboxylic acid groups (broad SMARTS) is 1. The van der Waals surface area contributed by atoms with Crippen LogP contribution in [-0.4, -0.2) is 20.6 Å². The Bertz CT molecular complexity index is 610. The van der Waals surface area contributed by atoms with Crippen molar-refractivity contribution in [2.75, 3.05) is 0 Å². The van der Waals surface area contributed by atoms with Crippen molar-refractivity contribution in [1.29, 1.82) is 0 Å². The van der Waals surface area contributed by atoms with E-state index in [2.05, 4.69) is 27.8 Å². The summed E-state index contributed by atoms with van der Waals surface area (Å²) in [4.78, 5) is 15.1. The van der Waals surface area contributed by atoms with Gasteiger partial charge in [-0.05, 0) is 40.5 Å². The number of aromatic nitrogens is 2. The summed E-state index contributed by atoms with van der Waals surface area (Å²) in [5.41, 5.74) is 1.16. The molecular formula is C14H15BrN2O3. The molecule has 2 rings (SSSR count). The molecule has 0 atom stereocenters. The minimum atomic E-state index is -0.974. The van der Waals surface area contributed by atoms with Gasteiger partial charge in [0, 0.05) is 6.54 Å². The largest absolute Gasteiger partial charge is 0.486 e. The van der Waals surface area contributed by atoms with Gasteiger partial charge in [0.15, 0.2) is 0 Å². The third-order valence-corrected chi connectivity index (χ3v) is 3.47. The van der Waals surface area contributed by atoms with Crippen molar-refractivity contribution in [2.45, 2.75) is 26.5 Å². The molecule has 1 aromatic carbocycles. The van der Waals surface area contributed by atoms with Crippen LogP contribution < -0.4 is 4.74 Å². The van der Waals surface area contributed by atoms with Crippen LogP contribution in [0.4, 0.5) is 0 Å². The maximum Gasteiger partial charge on any atom is 0.335 e. The van der Waals surface area contributed by atoms with E-state index >= 15 is 0 Å². The lowest BCUT2D eigenvalue weighted by Gasteiger charge is -2.10. The van der Waals surface area contributed by atoms with Crippen LogP contribution in [0, 0.1) is 0 Å². The van der Waals surface area contributed by atoms with Gasteiger partial charge in [-0.3, -0.25) is 0 Å². The highest BCUT2D eigenvalue weighted by Crippen LogP contribution is 2.27. The van der Waals surface area contributed by atoms with Gasteiger partial charge in [0.25, 0.3) is 0 Å². The molecule has 2 aromatic rings. The van der Waals surface area contributed by atoms with Crippen molar-refractivity contribution in [3.63, 3.8) is 0 Å². The van der Waals surface area contributed by atoms with Gasteiger partial charge in [-0.2, -0.15) is 0 Å². The van der Waals surface area contributed by atoms with Crippen LogP contribution in [0.2, 0.25) is 0 Å². The number of imidazole rings is 1. The van der Waals surface area contributed by atoms with Gasteiger partial charge < -0.3 is 14.4 Å². The number of aromatic carboxylic acids is 1. The van der Waals surface area contributed by atoms with Crippen molar-refractivity contribution in [3.05, 3.63) is 46.5 Å². The Morgan fingerprint density at radius 1 is 1.50 bits per heavy atom. The van der Waals surface area contributed by atoms with Crippen LogP contribution in [0.5, 0.6) is 5.75 Å². The number of aryl methyl sites for hydroxylation is 1. The van der Waals surface area contributed by atoms with Crippen LogP contribution in [-0.2, 0) is 13.2 Å². The first-order valence-corrected chi connectivity index (χ1v) is 7.05. The van der Waals surface area contributed by atoms with Crippen molar-refractivity contribution in [1.82, 2.24) is 9.55 Å². The number of hydrogen-bond acceptors (Lipinski definition) is 3. The molecule has 5 nitrogen and oxygen atoms in total. The quantitative estimate of drug-likeness (QED) is 0.877. The van der Waals surface area contributed by atoms with E-state index in [1.54, 1.807) is 18.6 Å². The first kappa shape index (κ1) is 14.6. The Labute approximate surface area is 125 Å². The minimum absolute atomic E-state index is 0.199. The first-order valence-electron chi connectivity index (χ1n) is 6.26. The normalized spacial score (nSPS) is 10.5. The standard InChI is InChI=1S/C14H15BrN2O3/c1-2-5-17-9-16-7-11(17)8-20-13-6-10(14(18)19)3-4-12(13)15/h3-4,6-7,9H,2,5,8H2,1H3,(H,18,19). The summed E-state index contributed by atoms with van der Waals surface area (Å²) in [7, 11) is 0. The summed E-state index contributed by atoms with van der Waals surface area (Å²) >= 11 is 3.35. The Kier molecular flexibility index (Phi) is 4.79. The predicted octanol–water partition coefficient (Wildman–Crippen LogP) is 3.33. The van der Waals surface area contributed by atoms with Crippen LogP contribution in [0.25, 0.3) is 0 Å². The van der Waals surface area contributed by atoms with Gasteiger partial charge >= 0.3 is 5.97 Å². The molecule has 0 aliphatic carbocycles. The Morgan fingerprint density at radius 2 is 2.30 bits per heavy atom. The minimum Gasteiger partial charge on any atom is -0.486 e. The van der Waals surface area contributed by atoms with E-state index in [9.17, 15) is 4.79 Å². The molecule has 0 fully saturated rings. The van der Waals surface area contributed by atoms with Gasteiger partial charge in [-0.15, -0.1) is 0 Å². The monoisotopic (exact) mass is 338 g/mol. The maximum absolute atomic E-state index is 11.0. The summed E-state index contributed by atoms with van der Waals surface area (Å²) in [5, 5.41) is 8.98. The molecule has 0 bridgehead atoms. The highest BCUT2D eigenvalue weighted by Gasteiger charge is 2.09. The topological polar surface area (TPSA) is 64.4 Å². The van der Waals surface area contributed by atoms with Crippen LogP contribution in [0.1, 0.15) is 29.4 Å². The average molecular weight is 339 g/mol. The zero-order valence-electron chi connectivity index (χ0n) is 11.0. The van der Waals surface area contributed by atoms with E-state index in [0.29, 0.717) is 12.4 Å². The van der Waals surface area contributed by atoms with Gasteiger partial charge in [-0.1, -0.05) is 6.92 Å². The number of hydrogen-bond donors (Lipinski definition) is 1. The summed E-state index contributed by atoms with van der Waals surface area (Å²) in [5.74, 6) is -0.465. The van der Waals surface area contributed by atoms with E-state index in [-0.39, 0.29) is 5.56 Å². The lowest BCUT2D eigenvalue weighted by molar-refractivity contribution is 0.0696. The van der Waals surface area contributed by atoms with Gasteiger partial charge in [-0.25, -0.2) is 9.78 Å².